The summed E-state index contributed by atoms with van der Waals surface area (Å²) in [5, 5.41) is 0. The van der Waals surface area contributed by atoms with Gasteiger partial charge in [-0.05, 0) is 5.56 Å². The van der Waals surface area contributed by atoms with Crippen molar-refractivity contribution >= 4 is 5.97 Å². The van der Waals surface area contributed by atoms with E-state index in [1.807, 2.05) is 30.3 Å². The van der Waals surface area contributed by atoms with E-state index >= 15 is 0 Å². The first kappa shape index (κ1) is 10.4. The zero-order valence-corrected chi connectivity index (χ0v) is 8.55. The van der Waals surface area contributed by atoms with Crippen LogP contribution >= 0.6 is 0 Å². The molecular formula is C12H10NO3. The molecule has 81 valence electrons. The van der Waals surface area contributed by atoms with E-state index in [1.165, 1.54) is 6.26 Å². The van der Waals surface area contributed by atoms with Crippen LogP contribution in [-0.2, 0) is 11.3 Å². The zero-order chi connectivity index (χ0) is 11.4. The SMILES string of the molecule is [CH2]c1nc(C(=O)OCc2ccccc2)co1. The Bertz CT molecular complexity index is 476. The van der Waals surface area contributed by atoms with Gasteiger partial charge in [0.05, 0.1) is 0 Å². The molecule has 0 aliphatic rings. The molecule has 0 N–H and O–H groups in total. The number of hydrogen-bond donors (Lipinski definition) is 0. The molecule has 0 saturated heterocycles. The summed E-state index contributed by atoms with van der Waals surface area (Å²) in [4.78, 5) is 15.2. The van der Waals surface area contributed by atoms with Gasteiger partial charge in [-0.3, -0.25) is 0 Å². The van der Waals surface area contributed by atoms with Gasteiger partial charge >= 0.3 is 5.97 Å². The zero-order valence-electron chi connectivity index (χ0n) is 8.55. The summed E-state index contributed by atoms with van der Waals surface area (Å²) < 4.78 is 9.85. The van der Waals surface area contributed by atoms with Crippen LogP contribution in [0.4, 0.5) is 0 Å². The molecule has 2 aromatic rings. The fourth-order valence-corrected chi connectivity index (χ4v) is 1.20. The fraction of sp³-hybridized carbons (Fsp3) is 0.0833. The van der Waals surface area contributed by atoms with Gasteiger partial charge in [0.25, 0.3) is 0 Å². The molecule has 4 nitrogen and oxygen atoms in total. The molecule has 0 spiro atoms. The van der Waals surface area contributed by atoms with Gasteiger partial charge in [-0.2, -0.15) is 0 Å². The van der Waals surface area contributed by atoms with Crippen molar-refractivity contribution in [2.24, 2.45) is 0 Å². The number of benzene rings is 1. The Balaban J connectivity index is 1.94. The largest absolute Gasteiger partial charge is 0.456 e. The molecule has 1 aromatic carbocycles. The minimum absolute atomic E-state index is 0.140. The van der Waals surface area contributed by atoms with E-state index in [0.29, 0.717) is 0 Å². The highest BCUT2D eigenvalue weighted by Crippen LogP contribution is 2.06. The van der Waals surface area contributed by atoms with Crippen LogP contribution in [0.3, 0.4) is 0 Å². The smallest absolute Gasteiger partial charge is 0.360 e. The number of aromatic nitrogens is 1. The van der Waals surface area contributed by atoms with Gasteiger partial charge in [-0.15, -0.1) is 0 Å². The van der Waals surface area contributed by atoms with Gasteiger partial charge in [0, 0.05) is 6.92 Å². The molecule has 0 aliphatic carbocycles. The lowest BCUT2D eigenvalue weighted by Gasteiger charge is -2.01. The van der Waals surface area contributed by atoms with Crippen molar-refractivity contribution in [3.63, 3.8) is 0 Å². The maximum absolute atomic E-state index is 11.5. The van der Waals surface area contributed by atoms with Crippen molar-refractivity contribution in [2.75, 3.05) is 0 Å². The summed E-state index contributed by atoms with van der Waals surface area (Å²) in [6, 6.07) is 9.42. The Labute approximate surface area is 92.9 Å². The molecule has 1 radical (unpaired) electrons. The fourth-order valence-electron chi connectivity index (χ4n) is 1.20. The van der Waals surface area contributed by atoms with E-state index in [2.05, 4.69) is 11.9 Å². The van der Waals surface area contributed by atoms with Gasteiger partial charge in [-0.25, -0.2) is 9.78 Å². The lowest BCUT2D eigenvalue weighted by molar-refractivity contribution is 0.0465. The van der Waals surface area contributed by atoms with Crippen molar-refractivity contribution in [3.05, 3.63) is 60.7 Å². The first-order chi connectivity index (χ1) is 7.75. The van der Waals surface area contributed by atoms with E-state index in [-0.39, 0.29) is 18.2 Å². The van der Waals surface area contributed by atoms with E-state index in [1.54, 1.807) is 0 Å². The van der Waals surface area contributed by atoms with Crippen LogP contribution in [0.5, 0.6) is 0 Å². The van der Waals surface area contributed by atoms with Crippen LogP contribution in [0.1, 0.15) is 21.9 Å². The molecule has 16 heavy (non-hydrogen) atoms. The lowest BCUT2D eigenvalue weighted by Crippen LogP contribution is -2.05. The Morgan fingerprint density at radius 3 is 2.75 bits per heavy atom. The van der Waals surface area contributed by atoms with Crippen LogP contribution in [0.2, 0.25) is 0 Å². The number of rotatable bonds is 3. The number of esters is 1. The highest BCUT2D eigenvalue weighted by atomic mass is 16.5. The summed E-state index contributed by atoms with van der Waals surface area (Å²) in [7, 11) is 0. The quantitative estimate of drug-likeness (QED) is 0.738. The van der Waals surface area contributed by atoms with Crippen molar-refractivity contribution in [2.45, 2.75) is 6.61 Å². The van der Waals surface area contributed by atoms with Crippen LogP contribution in [0.25, 0.3) is 0 Å². The van der Waals surface area contributed by atoms with Crippen molar-refractivity contribution in [1.29, 1.82) is 0 Å². The molecule has 4 heteroatoms. The summed E-state index contributed by atoms with van der Waals surface area (Å²) in [5.74, 6) is -0.311. The summed E-state index contributed by atoms with van der Waals surface area (Å²) in [5.41, 5.74) is 1.06. The number of carbonyl (C=O) groups is 1. The second-order valence-corrected chi connectivity index (χ2v) is 3.19. The first-order valence-corrected chi connectivity index (χ1v) is 4.74. The maximum atomic E-state index is 11.5. The minimum atomic E-state index is -0.512. The van der Waals surface area contributed by atoms with Crippen molar-refractivity contribution in [3.8, 4) is 0 Å². The van der Waals surface area contributed by atoms with Gasteiger partial charge in [-0.1, -0.05) is 30.3 Å². The van der Waals surface area contributed by atoms with Crippen molar-refractivity contribution in [1.82, 2.24) is 4.98 Å². The minimum Gasteiger partial charge on any atom is -0.456 e. The van der Waals surface area contributed by atoms with E-state index in [0.717, 1.165) is 5.56 Å². The molecule has 0 bridgehead atoms. The summed E-state index contributed by atoms with van der Waals surface area (Å²) in [6.07, 6.45) is 1.23. The highest BCUT2D eigenvalue weighted by molar-refractivity contribution is 5.86. The molecule has 1 aromatic heterocycles. The average Bonchev–Trinajstić information content (AvgIpc) is 2.74. The molecule has 0 aliphatic heterocycles. The third kappa shape index (κ3) is 2.48. The normalized spacial score (nSPS) is 10.1. The summed E-state index contributed by atoms with van der Waals surface area (Å²) >= 11 is 0. The number of hydrogen-bond acceptors (Lipinski definition) is 4. The highest BCUT2D eigenvalue weighted by Gasteiger charge is 2.11. The van der Waals surface area contributed by atoms with Gasteiger partial charge < -0.3 is 9.15 Å². The summed E-state index contributed by atoms with van der Waals surface area (Å²) in [6.45, 7) is 3.68. The molecule has 0 fully saturated rings. The molecular weight excluding hydrogens is 206 g/mol. The van der Waals surface area contributed by atoms with E-state index < -0.39 is 5.97 Å². The molecule has 0 unspecified atom stereocenters. The van der Waals surface area contributed by atoms with Crippen LogP contribution in [0, 0.1) is 6.92 Å². The first-order valence-electron chi connectivity index (χ1n) is 4.74. The predicted octanol–water partition coefficient (Wildman–Crippen LogP) is 2.21. The second-order valence-electron chi connectivity index (χ2n) is 3.19. The number of ether oxygens (including phenoxy) is 1. The van der Waals surface area contributed by atoms with Crippen LogP contribution in [0.15, 0.2) is 41.0 Å². The van der Waals surface area contributed by atoms with Crippen LogP contribution < -0.4 is 0 Å². The predicted molar refractivity (Wildman–Crippen MR) is 56.5 cm³/mol. The van der Waals surface area contributed by atoms with E-state index in [4.69, 9.17) is 9.15 Å². The number of oxazole rings is 1. The monoisotopic (exact) mass is 216 g/mol. The molecule has 0 saturated carbocycles. The Kier molecular flexibility index (Phi) is 3.00. The Morgan fingerprint density at radius 1 is 1.38 bits per heavy atom. The maximum Gasteiger partial charge on any atom is 0.360 e. The lowest BCUT2D eigenvalue weighted by atomic mass is 10.2. The second kappa shape index (κ2) is 4.61. The average molecular weight is 216 g/mol. The van der Waals surface area contributed by atoms with E-state index in [9.17, 15) is 4.79 Å². The molecule has 1 heterocycles. The van der Waals surface area contributed by atoms with Crippen LogP contribution in [-0.4, -0.2) is 11.0 Å². The number of carbonyl (C=O) groups excluding carboxylic acids is 1. The third-order valence-electron chi connectivity index (χ3n) is 1.97. The number of nitrogens with zero attached hydrogens (tertiary/aromatic N) is 1. The van der Waals surface area contributed by atoms with Gasteiger partial charge in [0.2, 0.25) is 0 Å². The molecule has 0 atom stereocenters. The Morgan fingerprint density at radius 2 is 2.12 bits per heavy atom. The molecule has 2 rings (SSSR count). The van der Waals surface area contributed by atoms with Gasteiger partial charge in [0.1, 0.15) is 12.9 Å². The topological polar surface area (TPSA) is 52.3 Å². The van der Waals surface area contributed by atoms with Gasteiger partial charge in [0.15, 0.2) is 11.6 Å². The standard InChI is InChI=1S/C12H10NO3/c1-9-13-11(8-15-9)12(14)16-7-10-5-3-2-4-6-10/h2-6,8H,1,7H2. The molecule has 0 amide bonds. The third-order valence-corrected chi connectivity index (χ3v) is 1.97. The Hall–Kier alpha value is -2.10. The van der Waals surface area contributed by atoms with Crippen molar-refractivity contribution < 1.29 is 13.9 Å².